The number of hydrogen-bond acceptors (Lipinski definition) is 5. The summed E-state index contributed by atoms with van der Waals surface area (Å²) in [7, 11) is 0. The summed E-state index contributed by atoms with van der Waals surface area (Å²) in [6, 6.07) is 7.20. The normalized spacial score (nSPS) is 10.4. The molecule has 3 N–H and O–H groups in total. The van der Waals surface area contributed by atoms with Crippen LogP contribution in [0.4, 0.5) is 5.88 Å². The molecule has 2 rings (SSSR count). The minimum Gasteiger partial charge on any atom is -0.462 e. The van der Waals surface area contributed by atoms with Gasteiger partial charge in [0.15, 0.2) is 0 Å². The Labute approximate surface area is 152 Å². The Morgan fingerprint density at radius 1 is 1.20 bits per heavy atom. The van der Waals surface area contributed by atoms with Gasteiger partial charge in [0.2, 0.25) is 11.8 Å². The van der Waals surface area contributed by atoms with E-state index in [-0.39, 0.29) is 35.8 Å². The Bertz CT molecular complexity index is 811. The number of furan rings is 1. The van der Waals surface area contributed by atoms with Crippen molar-refractivity contribution in [1.82, 2.24) is 0 Å². The van der Waals surface area contributed by atoms with E-state index in [0.717, 1.165) is 10.0 Å². The number of nitrogens with two attached hydrogens (primary N) is 1. The van der Waals surface area contributed by atoms with Gasteiger partial charge >= 0.3 is 5.97 Å². The van der Waals surface area contributed by atoms with Gasteiger partial charge in [0.25, 0.3) is 5.91 Å². The minimum absolute atomic E-state index is 0.0694. The van der Waals surface area contributed by atoms with Gasteiger partial charge in [0.05, 0.1) is 13.0 Å². The molecule has 1 heterocycles. The third-order valence-electron chi connectivity index (χ3n) is 3.34. The summed E-state index contributed by atoms with van der Waals surface area (Å²) in [6.07, 6.45) is 0.0694. The first-order valence-corrected chi connectivity index (χ1v) is 8.27. The van der Waals surface area contributed by atoms with E-state index in [1.807, 2.05) is 12.1 Å². The summed E-state index contributed by atoms with van der Waals surface area (Å²) in [5.74, 6) is -2.04. The first-order chi connectivity index (χ1) is 11.8. The maximum absolute atomic E-state index is 12.2. The van der Waals surface area contributed by atoms with Gasteiger partial charge in [-0.25, -0.2) is 4.79 Å². The molecule has 132 valence electrons. The molecular weight excluding hydrogens is 392 g/mol. The molecule has 0 unspecified atom stereocenters. The van der Waals surface area contributed by atoms with E-state index in [1.54, 1.807) is 19.1 Å². The first-order valence-electron chi connectivity index (χ1n) is 7.48. The monoisotopic (exact) mass is 408 g/mol. The summed E-state index contributed by atoms with van der Waals surface area (Å²) in [5, 5.41) is 2.49. The minimum atomic E-state index is -0.890. The van der Waals surface area contributed by atoms with Crippen LogP contribution in [0.5, 0.6) is 0 Å². The number of carbonyl (C=O) groups is 3. The highest BCUT2D eigenvalue weighted by Gasteiger charge is 2.29. The highest BCUT2D eigenvalue weighted by molar-refractivity contribution is 9.10. The van der Waals surface area contributed by atoms with Crippen LogP contribution < -0.4 is 11.1 Å². The average molecular weight is 409 g/mol. The van der Waals surface area contributed by atoms with Gasteiger partial charge in [0, 0.05) is 4.47 Å². The fraction of sp³-hybridized carbons (Fsp3) is 0.235. The average Bonchev–Trinajstić information content (AvgIpc) is 2.86. The van der Waals surface area contributed by atoms with Gasteiger partial charge in [-0.3, -0.25) is 14.9 Å². The van der Waals surface area contributed by atoms with Crippen molar-refractivity contribution in [3.05, 3.63) is 51.2 Å². The van der Waals surface area contributed by atoms with E-state index >= 15 is 0 Å². The molecule has 0 saturated carbocycles. The van der Waals surface area contributed by atoms with Crippen LogP contribution in [0.15, 0.2) is 33.2 Å². The van der Waals surface area contributed by atoms with E-state index in [1.165, 1.54) is 6.92 Å². The molecule has 1 aromatic heterocycles. The molecule has 0 saturated heterocycles. The van der Waals surface area contributed by atoms with E-state index < -0.39 is 17.8 Å². The number of rotatable bonds is 6. The van der Waals surface area contributed by atoms with E-state index in [2.05, 4.69) is 21.2 Å². The number of halogens is 1. The second kappa shape index (κ2) is 7.98. The van der Waals surface area contributed by atoms with Crippen molar-refractivity contribution in [3.63, 3.8) is 0 Å². The zero-order chi connectivity index (χ0) is 18.6. The van der Waals surface area contributed by atoms with Gasteiger partial charge in [-0.1, -0.05) is 28.1 Å². The number of hydrogen-bond donors (Lipinski definition) is 2. The highest BCUT2D eigenvalue weighted by atomic mass is 79.9. The highest BCUT2D eigenvalue weighted by Crippen LogP contribution is 2.27. The van der Waals surface area contributed by atoms with Crippen molar-refractivity contribution in [3.8, 4) is 0 Å². The molecule has 2 aromatic rings. The Morgan fingerprint density at radius 2 is 1.84 bits per heavy atom. The van der Waals surface area contributed by atoms with Crippen LogP contribution in [0.1, 0.15) is 39.0 Å². The zero-order valence-electron chi connectivity index (χ0n) is 13.7. The van der Waals surface area contributed by atoms with Crippen LogP contribution in [0.25, 0.3) is 0 Å². The first kappa shape index (κ1) is 18.7. The second-order valence-electron chi connectivity index (χ2n) is 5.17. The van der Waals surface area contributed by atoms with Crippen molar-refractivity contribution in [1.29, 1.82) is 0 Å². The molecular formula is C17H17BrN2O5. The number of esters is 1. The van der Waals surface area contributed by atoms with E-state index in [0.29, 0.717) is 0 Å². The summed E-state index contributed by atoms with van der Waals surface area (Å²) in [5.41, 5.74) is 5.85. The van der Waals surface area contributed by atoms with Gasteiger partial charge in [-0.2, -0.15) is 0 Å². The molecule has 1 aromatic carbocycles. The van der Waals surface area contributed by atoms with E-state index in [4.69, 9.17) is 14.9 Å². The molecule has 0 fully saturated rings. The number of amides is 2. The van der Waals surface area contributed by atoms with E-state index in [9.17, 15) is 14.4 Å². The summed E-state index contributed by atoms with van der Waals surface area (Å²) in [6.45, 7) is 3.26. The van der Waals surface area contributed by atoms with Crippen LogP contribution in [-0.4, -0.2) is 24.4 Å². The molecule has 8 heteroatoms. The smallest absolute Gasteiger partial charge is 0.342 e. The molecule has 2 amide bonds. The number of nitrogens with one attached hydrogen (secondary N) is 1. The number of ether oxygens (including phenoxy) is 1. The Morgan fingerprint density at radius 3 is 2.40 bits per heavy atom. The maximum atomic E-state index is 12.2. The van der Waals surface area contributed by atoms with Gasteiger partial charge in [-0.05, 0) is 31.5 Å². The Kier molecular flexibility index (Phi) is 5.97. The zero-order valence-corrected chi connectivity index (χ0v) is 15.3. The van der Waals surface area contributed by atoms with Crippen LogP contribution >= 0.6 is 15.9 Å². The summed E-state index contributed by atoms with van der Waals surface area (Å²) >= 11 is 3.32. The fourth-order valence-corrected chi connectivity index (χ4v) is 2.54. The standard InChI is InChI=1S/C17H17BrN2O5/c1-3-24-17(23)13-9(2)25-16(14(13)15(19)22)20-12(21)8-10-4-6-11(18)7-5-10/h4-7H,3,8H2,1-2H3,(H2,19,22)(H,20,21). The predicted octanol–water partition coefficient (Wildman–Crippen LogP) is 2.81. The van der Waals surface area contributed by atoms with Crippen molar-refractivity contribution in [2.45, 2.75) is 20.3 Å². The molecule has 0 aliphatic rings. The molecule has 0 atom stereocenters. The van der Waals surface area contributed by atoms with Crippen LogP contribution in [0.2, 0.25) is 0 Å². The number of anilines is 1. The molecule has 7 nitrogen and oxygen atoms in total. The van der Waals surface area contributed by atoms with Gasteiger partial charge in [-0.15, -0.1) is 0 Å². The Hall–Kier alpha value is -2.61. The fourth-order valence-electron chi connectivity index (χ4n) is 2.28. The molecule has 0 radical (unpaired) electrons. The maximum Gasteiger partial charge on any atom is 0.342 e. The lowest BCUT2D eigenvalue weighted by Gasteiger charge is -2.05. The molecule has 0 bridgehead atoms. The van der Waals surface area contributed by atoms with Crippen LogP contribution in [-0.2, 0) is 16.0 Å². The lowest BCUT2D eigenvalue weighted by atomic mass is 10.1. The van der Waals surface area contributed by atoms with Gasteiger partial charge < -0.3 is 14.9 Å². The number of primary amides is 1. The van der Waals surface area contributed by atoms with Crippen LogP contribution in [0.3, 0.4) is 0 Å². The third kappa shape index (κ3) is 4.48. The van der Waals surface area contributed by atoms with Crippen molar-refractivity contribution >= 4 is 39.6 Å². The number of aryl methyl sites for hydroxylation is 1. The van der Waals surface area contributed by atoms with Gasteiger partial charge in [0.1, 0.15) is 16.9 Å². The molecule has 0 aliphatic heterocycles. The second-order valence-corrected chi connectivity index (χ2v) is 6.09. The number of benzene rings is 1. The lowest BCUT2D eigenvalue weighted by molar-refractivity contribution is -0.115. The Balaban J connectivity index is 2.25. The quantitative estimate of drug-likeness (QED) is 0.713. The number of carbonyl (C=O) groups excluding carboxylic acids is 3. The predicted molar refractivity (Wildman–Crippen MR) is 94.4 cm³/mol. The van der Waals surface area contributed by atoms with Crippen molar-refractivity contribution in [2.75, 3.05) is 11.9 Å². The van der Waals surface area contributed by atoms with Crippen molar-refractivity contribution < 1.29 is 23.5 Å². The molecule has 0 spiro atoms. The third-order valence-corrected chi connectivity index (χ3v) is 3.87. The van der Waals surface area contributed by atoms with Crippen LogP contribution in [0, 0.1) is 6.92 Å². The largest absolute Gasteiger partial charge is 0.462 e. The topological polar surface area (TPSA) is 112 Å². The summed E-state index contributed by atoms with van der Waals surface area (Å²) < 4.78 is 11.2. The summed E-state index contributed by atoms with van der Waals surface area (Å²) in [4.78, 5) is 36.0. The van der Waals surface area contributed by atoms with Crippen molar-refractivity contribution in [2.24, 2.45) is 5.73 Å². The molecule has 0 aliphatic carbocycles. The lowest BCUT2D eigenvalue weighted by Crippen LogP contribution is -2.21. The SMILES string of the molecule is CCOC(=O)c1c(C)oc(NC(=O)Cc2ccc(Br)cc2)c1C(N)=O. The molecule has 25 heavy (non-hydrogen) atoms.